The molecule has 0 radical (unpaired) electrons. The zero-order valence-corrected chi connectivity index (χ0v) is 13.8. The fraction of sp³-hybridized carbons (Fsp3) is 0.706. The van der Waals surface area contributed by atoms with Gasteiger partial charge in [-0.15, -0.1) is 0 Å². The molecule has 1 saturated carbocycles. The van der Waals surface area contributed by atoms with Crippen LogP contribution in [0.25, 0.3) is 0 Å². The van der Waals surface area contributed by atoms with Crippen LogP contribution in [-0.2, 0) is 11.3 Å². The lowest BCUT2D eigenvalue weighted by atomic mass is 9.84. The summed E-state index contributed by atoms with van der Waals surface area (Å²) in [5.74, 6) is 0.868. The van der Waals surface area contributed by atoms with Crippen molar-refractivity contribution in [2.24, 2.45) is 5.92 Å². The summed E-state index contributed by atoms with van der Waals surface area (Å²) in [5.41, 5.74) is 0. The second kappa shape index (κ2) is 7.15. The summed E-state index contributed by atoms with van der Waals surface area (Å²) in [6.07, 6.45) is 10.4. The second-order valence-electron chi connectivity index (χ2n) is 6.58. The van der Waals surface area contributed by atoms with E-state index in [1.165, 1.54) is 32.1 Å². The van der Waals surface area contributed by atoms with Gasteiger partial charge in [0.15, 0.2) is 5.82 Å². The van der Waals surface area contributed by atoms with E-state index >= 15 is 0 Å². The van der Waals surface area contributed by atoms with Crippen molar-refractivity contribution in [1.82, 2.24) is 19.8 Å². The minimum atomic E-state index is -0.346. The third-order valence-electron chi connectivity index (χ3n) is 5.12. The molecule has 1 aromatic heterocycles. The van der Waals surface area contributed by atoms with E-state index in [4.69, 9.17) is 0 Å². The van der Waals surface area contributed by atoms with Crippen LogP contribution in [0.3, 0.4) is 0 Å². The molecule has 3 rings (SSSR count). The SMILES string of the molecule is CCn1ccnc1C(=O)N1CCNC(=O)[C@H]1CC1CCCCC1. The molecule has 6 heteroatoms. The number of nitrogens with one attached hydrogen (secondary N) is 1. The van der Waals surface area contributed by atoms with E-state index in [1.807, 2.05) is 17.7 Å². The zero-order valence-electron chi connectivity index (χ0n) is 13.8. The highest BCUT2D eigenvalue weighted by Crippen LogP contribution is 2.29. The Morgan fingerprint density at radius 2 is 2.13 bits per heavy atom. The standard InChI is InChI=1S/C17H26N4O2/c1-2-20-10-8-18-15(20)17(23)21-11-9-19-16(22)14(21)12-13-6-4-3-5-7-13/h8,10,13-14H,2-7,9,11-12H2,1H3,(H,19,22)/t14-/m1/s1. The largest absolute Gasteiger partial charge is 0.353 e. The molecule has 0 bridgehead atoms. The third kappa shape index (κ3) is 3.41. The Kier molecular flexibility index (Phi) is 4.98. The van der Waals surface area contributed by atoms with Crippen molar-refractivity contribution in [3.63, 3.8) is 0 Å². The summed E-state index contributed by atoms with van der Waals surface area (Å²) in [4.78, 5) is 31.2. The topological polar surface area (TPSA) is 67.2 Å². The van der Waals surface area contributed by atoms with E-state index in [-0.39, 0.29) is 17.9 Å². The Morgan fingerprint density at radius 1 is 1.35 bits per heavy atom. The third-order valence-corrected chi connectivity index (χ3v) is 5.12. The molecule has 1 atom stereocenters. The molecule has 1 saturated heterocycles. The average molecular weight is 318 g/mol. The number of aryl methyl sites for hydroxylation is 1. The van der Waals surface area contributed by atoms with Crippen LogP contribution >= 0.6 is 0 Å². The maximum absolute atomic E-state index is 12.9. The molecule has 126 valence electrons. The number of aromatic nitrogens is 2. The monoisotopic (exact) mass is 318 g/mol. The fourth-order valence-corrected chi connectivity index (χ4v) is 3.82. The van der Waals surface area contributed by atoms with Gasteiger partial charge >= 0.3 is 0 Å². The number of imidazole rings is 1. The molecule has 2 aliphatic rings. The van der Waals surface area contributed by atoms with Crippen molar-refractivity contribution in [2.75, 3.05) is 13.1 Å². The molecule has 1 aliphatic heterocycles. The molecule has 6 nitrogen and oxygen atoms in total. The van der Waals surface area contributed by atoms with E-state index in [2.05, 4.69) is 10.3 Å². The quantitative estimate of drug-likeness (QED) is 0.921. The van der Waals surface area contributed by atoms with Crippen LogP contribution in [0, 0.1) is 5.92 Å². The first-order valence-corrected chi connectivity index (χ1v) is 8.80. The Hall–Kier alpha value is -1.85. The van der Waals surface area contributed by atoms with Crippen LogP contribution in [-0.4, -0.2) is 45.4 Å². The summed E-state index contributed by atoms with van der Waals surface area (Å²) in [6, 6.07) is -0.346. The van der Waals surface area contributed by atoms with E-state index in [0.717, 1.165) is 6.42 Å². The van der Waals surface area contributed by atoms with E-state index in [1.54, 1.807) is 11.1 Å². The number of carbonyl (C=O) groups is 2. The maximum Gasteiger partial charge on any atom is 0.290 e. The van der Waals surface area contributed by atoms with Gasteiger partial charge < -0.3 is 14.8 Å². The minimum Gasteiger partial charge on any atom is -0.353 e. The number of amides is 2. The summed E-state index contributed by atoms with van der Waals surface area (Å²) in [7, 11) is 0. The van der Waals surface area contributed by atoms with Crippen LogP contribution < -0.4 is 5.32 Å². The lowest BCUT2D eigenvalue weighted by Crippen LogP contribution is -2.58. The number of rotatable bonds is 4. The highest BCUT2D eigenvalue weighted by atomic mass is 16.2. The Labute approximate surface area is 137 Å². The van der Waals surface area contributed by atoms with Crippen molar-refractivity contribution >= 4 is 11.8 Å². The Morgan fingerprint density at radius 3 is 2.87 bits per heavy atom. The average Bonchev–Trinajstić information content (AvgIpc) is 3.05. The van der Waals surface area contributed by atoms with Crippen LogP contribution in [0.4, 0.5) is 0 Å². The van der Waals surface area contributed by atoms with Gasteiger partial charge in [0, 0.05) is 32.0 Å². The van der Waals surface area contributed by atoms with Gasteiger partial charge in [0.05, 0.1) is 0 Å². The predicted molar refractivity (Wildman–Crippen MR) is 86.9 cm³/mol. The first-order chi connectivity index (χ1) is 11.2. The number of hydrogen-bond acceptors (Lipinski definition) is 3. The molecule has 23 heavy (non-hydrogen) atoms. The fourth-order valence-electron chi connectivity index (χ4n) is 3.82. The van der Waals surface area contributed by atoms with E-state index in [0.29, 0.717) is 31.4 Å². The van der Waals surface area contributed by atoms with Crippen molar-refractivity contribution in [1.29, 1.82) is 0 Å². The summed E-state index contributed by atoms with van der Waals surface area (Å²) < 4.78 is 1.84. The molecule has 1 aliphatic carbocycles. The van der Waals surface area contributed by atoms with Crippen molar-refractivity contribution in [2.45, 2.75) is 58.0 Å². The van der Waals surface area contributed by atoms with Crippen LogP contribution in [0.15, 0.2) is 12.4 Å². The van der Waals surface area contributed by atoms with Gasteiger partial charge in [-0.2, -0.15) is 0 Å². The first-order valence-electron chi connectivity index (χ1n) is 8.80. The molecule has 0 aromatic carbocycles. The smallest absolute Gasteiger partial charge is 0.290 e. The van der Waals surface area contributed by atoms with Gasteiger partial charge in [-0.1, -0.05) is 32.1 Å². The van der Waals surface area contributed by atoms with Gasteiger partial charge in [0.25, 0.3) is 5.91 Å². The molecule has 0 spiro atoms. The molecular formula is C17H26N4O2. The van der Waals surface area contributed by atoms with Crippen molar-refractivity contribution < 1.29 is 9.59 Å². The summed E-state index contributed by atoms with van der Waals surface area (Å²) in [5, 5.41) is 2.92. The number of piperazine rings is 1. The number of nitrogens with zero attached hydrogens (tertiary/aromatic N) is 3. The molecule has 0 unspecified atom stereocenters. The second-order valence-corrected chi connectivity index (χ2v) is 6.58. The van der Waals surface area contributed by atoms with Crippen LogP contribution in [0.2, 0.25) is 0 Å². The van der Waals surface area contributed by atoms with Gasteiger partial charge in [0.1, 0.15) is 6.04 Å². The summed E-state index contributed by atoms with van der Waals surface area (Å²) >= 11 is 0. The van der Waals surface area contributed by atoms with Gasteiger partial charge in [-0.25, -0.2) is 4.98 Å². The highest BCUT2D eigenvalue weighted by molar-refractivity contribution is 5.95. The molecular weight excluding hydrogens is 292 g/mol. The Balaban J connectivity index is 1.77. The van der Waals surface area contributed by atoms with Crippen LogP contribution in [0.1, 0.15) is 56.1 Å². The van der Waals surface area contributed by atoms with Crippen LogP contribution in [0.5, 0.6) is 0 Å². The maximum atomic E-state index is 12.9. The molecule has 2 amide bonds. The van der Waals surface area contributed by atoms with Gasteiger partial charge in [-0.3, -0.25) is 9.59 Å². The predicted octanol–water partition coefficient (Wildman–Crippen LogP) is 1.81. The highest BCUT2D eigenvalue weighted by Gasteiger charge is 2.36. The first kappa shape index (κ1) is 16.0. The van der Waals surface area contributed by atoms with Gasteiger partial charge in [-0.05, 0) is 19.3 Å². The normalized spacial score (nSPS) is 22.9. The zero-order chi connectivity index (χ0) is 16.2. The Bertz CT molecular complexity index is 563. The lowest BCUT2D eigenvalue weighted by molar-refractivity contribution is -0.128. The summed E-state index contributed by atoms with van der Waals surface area (Å²) in [6.45, 7) is 3.78. The molecule has 2 fully saturated rings. The van der Waals surface area contributed by atoms with E-state index < -0.39 is 0 Å². The molecule has 1 aromatic rings. The van der Waals surface area contributed by atoms with E-state index in [9.17, 15) is 9.59 Å². The van der Waals surface area contributed by atoms with Gasteiger partial charge in [0.2, 0.25) is 5.91 Å². The number of carbonyl (C=O) groups excluding carboxylic acids is 2. The molecule has 1 N–H and O–H groups in total. The molecule has 2 heterocycles. The van der Waals surface area contributed by atoms with Crippen molar-refractivity contribution in [3.05, 3.63) is 18.2 Å². The minimum absolute atomic E-state index is 0.00946. The number of hydrogen-bond donors (Lipinski definition) is 1. The lowest BCUT2D eigenvalue weighted by Gasteiger charge is -2.37. The van der Waals surface area contributed by atoms with Crippen molar-refractivity contribution in [3.8, 4) is 0 Å².